The highest BCUT2D eigenvalue weighted by atomic mass is 19.1. The van der Waals surface area contributed by atoms with Gasteiger partial charge in [-0.25, -0.2) is 9.37 Å². The molecule has 0 spiro atoms. The van der Waals surface area contributed by atoms with E-state index in [-0.39, 0.29) is 5.82 Å². The monoisotopic (exact) mass is 445 g/mol. The Morgan fingerprint density at radius 2 is 1.82 bits per heavy atom. The average molecular weight is 445 g/mol. The summed E-state index contributed by atoms with van der Waals surface area (Å²) in [6.07, 6.45) is 4.23. The maximum absolute atomic E-state index is 13.2. The van der Waals surface area contributed by atoms with Crippen molar-refractivity contribution in [3.05, 3.63) is 90.4 Å². The molecule has 0 aliphatic rings. The third kappa shape index (κ3) is 4.50. The highest BCUT2D eigenvalue weighted by Gasteiger charge is 2.10. The van der Waals surface area contributed by atoms with Crippen LogP contribution in [0.2, 0.25) is 0 Å². The highest BCUT2D eigenvalue weighted by Crippen LogP contribution is 2.24. The van der Waals surface area contributed by atoms with Crippen molar-refractivity contribution >= 4 is 16.5 Å². The molecule has 2 aromatic carbocycles. The smallest absolute Gasteiger partial charge is 0.155 e. The van der Waals surface area contributed by atoms with Gasteiger partial charge in [0.1, 0.15) is 34.0 Å². The molecule has 3 heterocycles. The Kier molecular flexibility index (Phi) is 5.63. The van der Waals surface area contributed by atoms with Crippen LogP contribution < -0.4 is 14.8 Å². The molecule has 0 fully saturated rings. The van der Waals surface area contributed by atoms with E-state index < -0.39 is 0 Å². The lowest BCUT2D eigenvalue weighted by Crippen LogP contribution is -2.07. The fourth-order valence-corrected chi connectivity index (χ4v) is 3.51. The first-order valence-electron chi connectivity index (χ1n) is 10.4. The summed E-state index contributed by atoms with van der Waals surface area (Å²) in [5, 5.41) is 14.0. The molecule has 3 aromatic heterocycles. The number of nitrogens with zero attached hydrogens (tertiary/aromatic N) is 3. The van der Waals surface area contributed by atoms with Crippen LogP contribution in [0.3, 0.4) is 0 Å². The van der Waals surface area contributed by atoms with Crippen LogP contribution in [-0.4, -0.2) is 27.8 Å². The van der Waals surface area contributed by atoms with Gasteiger partial charge in [0, 0.05) is 30.3 Å². The summed E-state index contributed by atoms with van der Waals surface area (Å²) >= 11 is 0. The number of aromatic nitrogens is 2. The van der Waals surface area contributed by atoms with Crippen LogP contribution in [0.1, 0.15) is 6.42 Å². The summed E-state index contributed by atoms with van der Waals surface area (Å²) in [6.45, 7) is 0.800. The standard InChI is InChI=1S/C25H20FN3O4/c26-17-4-1-6-19(12-17)31-10-3-11-32-20-7-8-24-21(14-20)22(28-30)15-25(33-24)23-13-18-5-2-9-29(18)16-27-23/h1-2,4-9,12-16,30H,3,10-11H2. The number of halogens is 1. The zero-order valence-electron chi connectivity index (χ0n) is 17.5. The van der Waals surface area contributed by atoms with Crippen LogP contribution >= 0.6 is 0 Å². The molecule has 5 rings (SSSR count). The molecule has 1 N–H and O–H groups in total. The zero-order chi connectivity index (χ0) is 22.6. The fraction of sp³-hybridized carbons (Fsp3) is 0.120. The summed E-state index contributed by atoms with van der Waals surface area (Å²) in [5.74, 6) is 1.24. The summed E-state index contributed by atoms with van der Waals surface area (Å²) < 4.78 is 32.4. The van der Waals surface area contributed by atoms with Crippen LogP contribution in [0.4, 0.5) is 4.39 Å². The van der Waals surface area contributed by atoms with Gasteiger partial charge in [0.15, 0.2) is 5.76 Å². The van der Waals surface area contributed by atoms with Crippen molar-refractivity contribution in [2.75, 3.05) is 13.2 Å². The summed E-state index contributed by atoms with van der Waals surface area (Å²) in [4.78, 5) is 4.42. The Hall–Kier alpha value is -4.33. The molecule has 0 aliphatic heterocycles. The minimum absolute atomic E-state index is 0.334. The molecular weight excluding hydrogens is 425 g/mol. The van der Waals surface area contributed by atoms with Crippen molar-refractivity contribution in [1.29, 1.82) is 0 Å². The second-order valence-corrected chi connectivity index (χ2v) is 7.38. The maximum atomic E-state index is 13.2. The Balaban J connectivity index is 1.30. The normalized spacial score (nSPS) is 11.8. The first-order chi connectivity index (χ1) is 16.2. The number of ether oxygens (including phenoxy) is 2. The van der Waals surface area contributed by atoms with Crippen LogP contribution in [0.5, 0.6) is 11.5 Å². The van der Waals surface area contributed by atoms with Crippen LogP contribution in [0, 0.1) is 5.82 Å². The van der Waals surface area contributed by atoms with E-state index in [1.54, 1.807) is 42.7 Å². The summed E-state index contributed by atoms with van der Waals surface area (Å²) in [5.41, 5.74) is 2.15. The maximum Gasteiger partial charge on any atom is 0.155 e. The molecule has 0 saturated carbocycles. The molecule has 0 amide bonds. The second kappa shape index (κ2) is 9.04. The molecular formula is C25H20FN3O4. The first-order valence-corrected chi connectivity index (χ1v) is 10.4. The molecule has 8 heteroatoms. The molecule has 0 unspecified atom stereocenters. The largest absolute Gasteiger partial charge is 0.493 e. The van der Waals surface area contributed by atoms with Gasteiger partial charge in [-0.05, 0) is 48.5 Å². The lowest BCUT2D eigenvalue weighted by molar-refractivity contribution is 0.247. The summed E-state index contributed by atoms with van der Waals surface area (Å²) in [7, 11) is 0. The number of hydrogen-bond donors (Lipinski definition) is 1. The molecule has 0 aliphatic carbocycles. The van der Waals surface area contributed by atoms with Crippen LogP contribution in [0.15, 0.2) is 88.8 Å². The van der Waals surface area contributed by atoms with Gasteiger partial charge in [0.2, 0.25) is 0 Å². The van der Waals surface area contributed by atoms with E-state index in [9.17, 15) is 9.60 Å². The SMILES string of the molecule is ON=c1cc(-c2cc3cccn3cn2)oc2ccc(OCCCOc3cccc(F)c3)cc12. The van der Waals surface area contributed by atoms with E-state index in [2.05, 4.69) is 10.1 Å². The van der Waals surface area contributed by atoms with E-state index in [1.165, 1.54) is 12.1 Å². The van der Waals surface area contributed by atoms with Crippen molar-refractivity contribution < 1.29 is 23.5 Å². The Morgan fingerprint density at radius 1 is 0.970 bits per heavy atom. The van der Waals surface area contributed by atoms with E-state index in [4.69, 9.17) is 13.9 Å². The third-order valence-corrected chi connectivity index (χ3v) is 5.11. The zero-order valence-corrected chi connectivity index (χ0v) is 17.5. The van der Waals surface area contributed by atoms with Gasteiger partial charge < -0.3 is 23.5 Å². The third-order valence-electron chi connectivity index (χ3n) is 5.11. The van der Waals surface area contributed by atoms with Crippen molar-refractivity contribution in [2.24, 2.45) is 5.16 Å². The Bertz CT molecular complexity index is 1490. The predicted octanol–water partition coefficient (Wildman–Crippen LogP) is 5.02. The fourth-order valence-electron chi connectivity index (χ4n) is 3.51. The number of hydrogen-bond acceptors (Lipinski definition) is 6. The predicted molar refractivity (Wildman–Crippen MR) is 120 cm³/mol. The molecule has 7 nitrogen and oxygen atoms in total. The molecule has 33 heavy (non-hydrogen) atoms. The van der Waals surface area contributed by atoms with Gasteiger partial charge in [0.25, 0.3) is 0 Å². The molecule has 166 valence electrons. The van der Waals surface area contributed by atoms with Gasteiger partial charge in [-0.2, -0.15) is 0 Å². The van der Waals surface area contributed by atoms with Crippen LogP contribution in [0.25, 0.3) is 27.9 Å². The van der Waals surface area contributed by atoms with Gasteiger partial charge >= 0.3 is 0 Å². The molecule has 0 saturated heterocycles. The van der Waals surface area contributed by atoms with Gasteiger partial charge in [-0.1, -0.05) is 11.2 Å². The number of fused-ring (bicyclic) bond motifs is 2. The quantitative estimate of drug-likeness (QED) is 0.216. The molecule has 0 bridgehead atoms. The Morgan fingerprint density at radius 3 is 2.64 bits per heavy atom. The van der Waals surface area contributed by atoms with Crippen molar-refractivity contribution in [2.45, 2.75) is 6.42 Å². The molecule has 0 atom stereocenters. The van der Waals surface area contributed by atoms with Crippen molar-refractivity contribution in [1.82, 2.24) is 9.38 Å². The minimum atomic E-state index is -0.334. The van der Waals surface area contributed by atoms with Gasteiger partial charge in [-0.15, -0.1) is 0 Å². The topological polar surface area (TPSA) is 81.5 Å². The van der Waals surface area contributed by atoms with Gasteiger partial charge in [-0.3, -0.25) is 0 Å². The second-order valence-electron chi connectivity index (χ2n) is 7.38. The van der Waals surface area contributed by atoms with E-state index in [1.807, 2.05) is 28.8 Å². The number of rotatable bonds is 7. The van der Waals surface area contributed by atoms with E-state index >= 15 is 0 Å². The molecule has 0 radical (unpaired) electrons. The lowest BCUT2D eigenvalue weighted by Gasteiger charge is -2.09. The minimum Gasteiger partial charge on any atom is -0.493 e. The Labute approximate surface area is 188 Å². The highest BCUT2D eigenvalue weighted by molar-refractivity contribution is 5.80. The number of benzene rings is 2. The lowest BCUT2D eigenvalue weighted by atomic mass is 10.2. The van der Waals surface area contributed by atoms with Gasteiger partial charge in [0.05, 0.1) is 24.9 Å². The van der Waals surface area contributed by atoms with Crippen LogP contribution in [-0.2, 0) is 0 Å². The summed E-state index contributed by atoms with van der Waals surface area (Å²) in [6, 6.07) is 18.8. The average Bonchev–Trinajstić information content (AvgIpc) is 3.31. The van der Waals surface area contributed by atoms with Crippen molar-refractivity contribution in [3.8, 4) is 23.0 Å². The van der Waals surface area contributed by atoms with Crippen molar-refractivity contribution in [3.63, 3.8) is 0 Å². The van der Waals surface area contributed by atoms with E-state index in [0.717, 1.165) is 5.52 Å². The first kappa shape index (κ1) is 20.6. The van der Waals surface area contributed by atoms with E-state index in [0.29, 0.717) is 58.9 Å². The molecule has 5 aromatic rings.